The zero-order valence-electron chi connectivity index (χ0n) is 16.5. The molecular formula is C18H23FN2O8. The van der Waals surface area contributed by atoms with E-state index in [1.54, 1.807) is 13.8 Å². The van der Waals surface area contributed by atoms with Crippen LogP contribution in [0.5, 0.6) is 0 Å². The molecule has 2 rings (SSSR count). The Morgan fingerprint density at radius 1 is 1.24 bits per heavy atom. The maximum Gasteiger partial charge on any atom is 0.333 e. The van der Waals surface area contributed by atoms with Gasteiger partial charge >= 0.3 is 17.6 Å². The quantitative estimate of drug-likeness (QED) is 0.578. The Kier molecular flexibility index (Phi) is 7.07. The summed E-state index contributed by atoms with van der Waals surface area (Å²) in [5.74, 6) is -3.31. The molecule has 0 spiro atoms. The van der Waals surface area contributed by atoms with Crippen LogP contribution >= 0.6 is 0 Å². The van der Waals surface area contributed by atoms with E-state index in [0.717, 1.165) is 4.57 Å². The lowest BCUT2D eigenvalue weighted by molar-refractivity contribution is -0.155. The fraction of sp³-hybridized carbons (Fsp3) is 0.611. The zero-order valence-corrected chi connectivity index (χ0v) is 16.5. The van der Waals surface area contributed by atoms with E-state index < -0.39 is 65.7 Å². The maximum absolute atomic E-state index is 14.2. The minimum absolute atomic E-state index is 0.0405. The molecule has 0 saturated carbocycles. The Morgan fingerprint density at radius 2 is 1.90 bits per heavy atom. The molecule has 2 heterocycles. The molecule has 160 valence electrons. The van der Waals surface area contributed by atoms with Gasteiger partial charge in [0.15, 0.2) is 5.78 Å². The van der Waals surface area contributed by atoms with Gasteiger partial charge in [-0.05, 0) is 0 Å². The van der Waals surface area contributed by atoms with Crippen molar-refractivity contribution in [2.45, 2.75) is 59.1 Å². The molecule has 29 heavy (non-hydrogen) atoms. The van der Waals surface area contributed by atoms with E-state index in [1.165, 1.54) is 13.8 Å². The fourth-order valence-electron chi connectivity index (χ4n) is 2.83. The van der Waals surface area contributed by atoms with E-state index in [-0.39, 0.29) is 13.0 Å². The van der Waals surface area contributed by atoms with Crippen molar-refractivity contribution in [2.75, 3.05) is 6.61 Å². The number of carbonyl (C=O) groups is 3. The number of hydrogen-bond acceptors (Lipinski definition) is 8. The molecule has 3 atom stereocenters. The van der Waals surface area contributed by atoms with Gasteiger partial charge in [-0.3, -0.25) is 28.3 Å². The van der Waals surface area contributed by atoms with Crippen LogP contribution in [0.3, 0.4) is 0 Å². The van der Waals surface area contributed by atoms with E-state index in [9.17, 15) is 28.4 Å². The van der Waals surface area contributed by atoms with Crippen LogP contribution in [0, 0.1) is 11.7 Å². The second-order valence-corrected chi connectivity index (χ2v) is 6.99. The molecule has 0 radical (unpaired) electrons. The molecule has 0 amide bonds. The van der Waals surface area contributed by atoms with Gasteiger partial charge in [0.2, 0.25) is 5.82 Å². The molecule has 0 unspecified atom stereocenters. The number of ketones is 1. The van der Waals surface area contributed by atoms with Crippen molar-refractivity contribution in [3.05, 3.63) is 32.9 Å². The van der Waals surface area contributed by atoms with Gasteiger partial charge in [-0.25, -0.2) is 4.79 Å². The number of nitrogens with zero attached hydrogens (tertiary/aromatic N) is 2. The highest BCUT2D eigenvalue weighted by Gasteiger charge is 2.40. The van der Waals surface area contributed by atoms with Gasteiger partial charge in [0.1, 0.15) is 25.0 Å². The van der Waals surface area contributed by atoms with Gasteiger partial charge in [-0.2, -0.15) is 4.39 Å². The molecule has 1 aromatic rings. The lowest BCUT2D eigenvalue weighted by Crippen LogP contribution is -2.44. The number of halogens is 1. The van der Waals surface area contributed by atoms with E-state index in [4.69, 9.17) is 14.2 Å². The first-order chi connectivity index (χ1) is 13.5. The predicted molar refractivity (Wildman–Crippen MR) is 95.5 cm³/mol. The smallest absolute Gasteiger partial charge is 0.333 e. The molecule has 0 bridgehead atoms. The molecule has 1 aliphatic rings. The summed E-state index contributed by atoms with van der Waals surface area (Å²) in [6.07, 6.45) is -2.20. The second kappa shape index (κ2) is 9.12. The monoisotopic (exact) mass is 414 g/mol. The average Bonchev–Trinajstić information content (AvgIpc) is 3.01. The Hall–Kier alpha value is -2.82. The molecule has 10 nitrogen and oxygen atoms in total. The first kappa shape index (κ1) is 22.5. The van der Waals surface area contributed by atoms with Crippen molar-refractivity contribution in [2.24, 2.45) is 5.92 Å². The number of aromatic nitrogens is 2. The standard InChI is InChI=1S/C18H23FN2O8/c1-9(2)13(24)7-21-17(25)12(19)6-20(18(21)26)16-5-14(28-11(4)23)15(29-16)8-27-10(3)22/h6,9,14-16H,5,7-8H2,1-4H3/t14-,15+,16+/m0/s1. The summed E-state index contributed by atoms with van der Waals surface area (Å²) < 4.78 is 31.2. The summed E-state index contributed by atoms with van der Waals surface area (Å²) in [6.45, 7) is 4.73. The number of hydrogen-bond donors (Lipinski definition) is 0. The lowest BCUT2D eigenvalue weighted by atomic mass is 10.1. The summed E-state index contributed by atoms with van der Waals surface area (Å²) >= 11 is 0. The summed E-state index contributed by atoms with van der Waals surface area (Å²) in [5, 5.41) is 0. The van der Waals surface area contributed by atoms with Crippen LogP contribution in [0.4, 0.5) is 4.39 Å². The summed E-state index contributed by atoms with van der Waals surface area (Å²) in [6, 6.07) is 0. The molecule has 1 saturated heterocycles. The van der Waals surface area contributed by atoms with Gasteiger partial charge in [-0.1, -0.05) is 13.8 Å². The van der Waals surface area contributed by atoms with Crippen molar-refractivity contribution in [3.8, 4) is 0 Å². The fourth-order valence-corrected chi connectivity index (χ4v) is 2.83. The topological polar surface area (TPSA) is 123 Å². The van der Waals surface area contributed by atoms with Crippen LogP contribution < -0.4 is 11.2 Å². The summed E-state index contributed by atoms with van der Waals surface area (Å²) in [5.41, 5.74) is -2.16. The molecule has 0 aliphatic carbocycles. The largest absolute Gasteiger partial charge is 0.463 e. The molecule has 11 heteroatoms. The van der Waals surface area contributed by atoms with Crippen molar-refractivity contribution in [1.82, 2.24) is 9.13 Å². The molecule has 1 fully saturated rings. The highest BCUT2D eigenvalue weighted by molar-refractivity contribution is 5.80. The number of esters is 2. The molecule has 1 aliphatic heterocycles. The molecule has 1 aromatic heterocycles. The highest BCUT2D eigenvalue weighted by Crippen LogP contribution is 2.30. The van der Waals surface area contributed by atoms with Crippen molar-refractivity contribution in [1.29, 1.82) is 0 Å². The third-order valence-electron chi connectivity index (χ3n) is 4.37. The average molecular weight is 414 g/mol. The SMILES string of the molecule is CC(=O)OC[C@H]1O[C@@H](n2cc(F)c(=O)n(CC(=O)C(C)C)c2=O)C[C@@H]1OC(C)=O. The van der Waals surface area contributed by atoms with Crippen LogP contribution in [0.2, 0.25) is 0 Å². The number of rotatable bonds is 7. The summed E-state index contributed by atoms with van der Waals surface area (Å²) in [4.78, 5) is 59.1. The zero-order chi connectivity index (χ0) is 21.9. The molecule has 0 N–H and O–H groups in total. The number of ether oxygens (including phenoxy) is 3. The Labute approximate surface area is 165 Å². The van der Waals surface area contributed by atoms with Crippen molar-refractivity contribution >= 4 is 17.7 Å². The normalized spacial score (nSPS) is 21.2. The Morgan fingerprint density at radius 3 is 2.45 bits per heavy atom. The lowest BCUT2D eigenvalue weighted by Gasteiger charge is -2.18. The van der Waals surface area contributed by atoms with Gasteiger partial charge in [0.05, 0.1) is 12.7 Å². The van der Waals surface area contributed by atoms with E-state index in [1.807, 2.05) is 0 Å². The second-order valence-electron chi connectivity index (χ2n) is 6.99. The maximum atomic E-state index is 14.2. The van der Waals surface area contributed by atoms with Crippen molar-refractivity contribution < 1.29 is 33.0 Å². The van der Waals surface area contributed by atoms with Crippen molar-refractivity contribution in [3.63, 3.8) is 0 Å². The van der Waals surface area contributed by atoms with Gasteiger partial charge in [0, 0.05) is 26.2 Å². The third-order valence-corrected chi connectivity index (χ3v) is 4.37. The predicted octanol–water partition coefficient (Wildman–Crippen LogP) is 0.156. The first-order valence-corrected chi connectivity index (χ1v) is 9.01. The van der Waals surface area contributed by atoms with Gasteiger partial charge in [-0.15, -0.1) is 0 Å². The third kappa shape index (κ3) is 5.37. The van der Waals surface area contributed by atoms with Crippen LogP contribution in [0.15, 0.2) is 15.8 Å². The highest BCUT2D eigenvalue weighted by atomic mass is 19.1. The van der Waals surface area contributed by atoms with Crippen LogP contribution in [-0.4, -0.2) is 45.7 Å². The number of Topliss-reactive ketones (excluding diaryl/α,β-unsaturated/α-hetero) is 1. The number of carbonyl (C=O) groups excluding carboxylic acids is 3. The van der Waals surface area contributed by atoms with E-state index in [2.05, 4.69) is 0 Å². The van der Waals surface area contributed by atoms with Gasteiger partial charge < -0.3 is 14.2 Å². The van der Waals surface area contributed by atoms with Crippen LogP contribution in [0.25, 0.3) is 0 Å². The van der Waals surface area contributed by atoms with Crippen LogP contribution in [0.1, 0.15) is 40.3 Å². The Bertz CT molecular complexity index is 919. The minimum atomic E-state index is -1.24. The molecule has 0 aromatic carbocycles. The summed E-state index contributed by atoms with van der Waals surface area (Å²) in [7, 11) is 0. The molecular weight excluding hydrogens is 391 g/mol. The van der Waals surface area contributed by atoms with Gasteiger partial charge in [0.25, 0.3) is 5.56 Å². The Balaban J connectivity index is 2.37. The van der Waals surface area contributed by atoms with E-state index in [0.29, 0.717) is 10.8 Å². The van der Waals surface area contributed by atoms with Crippen LogP contribution in [-0.2, 0) is 35.1 Å². The first-order valence-electron chi connectivity index (χ1n) is 9.01. The van der Waals surface area contributed by atoms with E-state index >= 15 is 0 Å². The minimum Gasteiger partial charge on any atom is -0.463 e.